The first-order chi connectivity index (χ1) is 11.5. The number of nitrogens with zero attached hydrogens (tertiary/aromatic N) is 1. The fourth-order valence-corrected chi connectivity index (χ4v) is 3.48. The summed E-state index contributed by atoms with van der Waals surface area (Å²) in [6, 6.07) is 8.62. The van der Waals surface area contributed by atoms with Crippen LogP contribution in [-0.2, 0) is 9.59 Å². The van der Waals surface area contributed by atoms with E-state index in [0.29, 0.717) is 22.3 Å². The maximum atomic E-state index is 12.2. The lowest BCUT2D eigenvalue weighted by molar-refractivity contribution is -0.120. The molecular formula is C16H14ClN3O3S. The number of pyridine rings is 1. The van der Waals surface area contributed by atoms with E-state index in [0.717, 1.165) is 4.90 Å². The van der Waals surface area contributed by atoms with Crippen molar-refractivity contribution in [2.75, 3.05) is 17.7 Å². The van der Waals surface area contributed by atoms with Crippen LogP contribution in [0.4, 0.5) is 11.4 Å². The molecule has 0 radical (unpaired) electrons. The molecule has 1 aromatic heterocycles. The molecule has 1 aromatic carbocycles. The normalized spacial score (nSPS) is 16.1. The molecule has 8 heteroatoms. The van der Waals surface area contributed by atoms with Crippen molar-refractivity contribution in [1.82, 2.24) is 4.98 Å². The van der Waals surface area contributed by atoms with Crippen molar-refractivity contribution in [3.8, 4) is 5.88 Å². The van der Waals surface area contributed by atoms with E-state index in [-0.39, 0.29) is 18.2 Å². The van der Waals surface area contributed by atoms with Gasteiger partial charge in [-0.2, -0.15) is 0 Å². The van der Waals surface area contributed by atoms with Gasteiger partial charge in [0.05, 0.1) is 29.9 Å². The number of thioether (sulfide) groups is 1. The molecule has 1 aliphatic rings. The van der Waals surface area contributed by atoms with E-state index >= 15 is 0 Å². The number of rotatable bonds is 4. The van der Waals surface area contributed by atoms with Gasteiger partial charge in [-0.15, -0.1) is 11.8 Å². The predicted octanol–water partition coefficient (Wildman–Crippen LogP) is 3.19. The van der Waals surface area contributed by atoms with Crippen LogP contribution in [0.5, 0.6) is 5.88 Å². The molecule has 2 aromatic rings. The third-order valence-corrected chi connectivity index (χ3v) is 4.87. The molecule has 0 saturated heterocycles. The second-order valence-corrected chi connectivity index (χ2v) is 6.76. The van der Waals surface area contributed by atoms with E-state index in [4.69, 9.17) is 16.3 Å². The number of anilines is 2. The second-order valence-electron chi connectivity index (χ2n) is 5.08. The molecule has 1 aliphatic heterocycles. The van der Waals surface area contributed by atoms with E-state index in [1.54, 1.807) is 24.3 Å². The minimum atomic E-state index is -0.495. The lowest BCUT2D eigenvalue weighted by Crippen LogP contribution is -2.32. The van der Waals surface area contributed by atoms with E-state index in [9.17, 15) is 9.59 Å². The maximum Gasteiger partial charge on any atom is 0.238 e. The first-order valence-corrected chi connectivity index (χ1v) is 8.38. The van der Waals surface area contributed by atoms with Crippen molar-refractivity contribution in [2.24, 2.45) is 0 Å². The van der Waals surface area contributed by atoms with Crippen LogP contribution in [0.15, 0.2) is 41.4 Å². The summed E-state index contributed by atoms with van der Waals surface area (Å²) in [5.74, 6) is -0.00437. The Labute approximate surface area is 147 Å². The molecule has 0 fully saturated rings. The Bertz CT molecular complexity index is 783. The number of hydrogen-bond donors (Lipinski definition) is 2. The highest BCUT2D eigenvalue weighted by molar-refractivity contribution is 8.01. The van der Waals surface area contributed by atoms with Gasteiger partial charge < -0.3 is 15.4 Å². The van der Waals surface area contributed by atoms with Gasteiger partial charge >= 0.3 is 0 Å². The molecule has 1 atom stereocenters. The lowest BCUT2D eigenvalue weighted by atomic mass is 10.2. The van der Waals surface area contributed by atoms with Crippen LogP contribution >= 0.6 is 23.4 Å². The van der Waals surface area contributed by atoms with Gasteiger partial charge in [-0.05, 0) is 24.3 Å². The Morgan fingerprint density at radius 3 is 2.96 bits per heavy atom. The van der Waals surface area contributed by atoms with Crippen LogP contribution in [0.25, 0.3) is 0 Å². The highest BCUT2D eigenvalue weighted by atomic mass is 35.5. The van der Waals surface area contributed by atoms with Crippen LogP contribution in [0.3, 0.4) is 0 Å². The van der Waals surface area contributed by atoms with Gasteiger partial charge in [-0.1, -0.05) is 11.6 Å². The van der Waals surface area contributed by atoms with E-state index in [1.165, 1.54) is 25.1 Å². The number of carbonyl (C=O) groups excluding carboxylic acids is 2. The summed E-state index contributed by atoms with van der Waals surface area (Å²) in [5.41, 5.74) is 1.22. The maximum absolute atomic E-state index is 12.2. The van der Waals surface area contributed by atoms with Crippen LogP contribution in [0, 0.1) is 0 Å². The summed E-state index contributed by atoms with van der Waals surface area (Å²) >= 11 is 7.27. The summed E-state index contributed by atoms with van der Waals surface area (Å²) in [5, 5.41) is 5.56. The highest BCUT2D eigenvalue weighted by Crippen LogP contribution is 2.38. The van der Waals surface area contributed by atoms with Crippen molar-refractivity contribution >= 4 is 46.6 Å². The largest absolute Gasteiger partial charge is 0.481 e. The Hall–Kier alpha value is -2.25. The standard InChI is InChI=1S/C16H14ClN3O3S/c1-23-15-5-3-10(8-18-15)19-14(21)7-13-16(22)20-11-6-9(17)2-4-12(11)24-13/h2-6,8,13H,7H2,1H3,(H,19,21)(H,20,22)/t13-/m0/s1. The Balaban J connectivity index is 1.63. The molecule has 3 rings (SSSR count). The minimum Gasteiger partial charge on any atom is -0.481 e. The third kappa shape index (κ3) is 3.80. The Kier molecular flexibility index (Phi) is 4.92. The molecular weight excluding hydrogens is 350 g/mol. The topological polar surface area (TPSA) is 80.3 Å². The number of aromatic nitrogens is 1. The molecule has 2 N–H and O–H groups in total. The number of amides is 2. The molecule has 124 valence electrons. The van der Waals surface area contributed by atoms with Crippen molar-refractivity contribution in [3.63, 3.8) is 0 Å². The summed E-state index contributed by atoms with van der Waals surface area (Å²) in [7, 11) is 1.52. The van der Waals surface area contributed by atoms with Crippen molar-refractivity contribution in [3.05, 3.63) is 41.6 Å². The van der Waals surface area contributed by atoms with Gasteiger partial charge in [-0.3, -0.25) is 9.59 Å². The second kappa shape index (κ2) is 7.11. The van der Waals surface area contributed by atoms with Gasteiger partial charge in [0.2, 0.25) is 17.7 Å². The van der Waals surface area contributed by atoms with Crippen LogP contribution < -0.4 is 15.4 Å². The first kappa shape index (κ1) is 16.6. The molecule has 2 heterocycles. The average molecular weight is 364 g/mol. The predicted molar refractivity (Wildman–Crippen MR) is 93.8 cm³/mol. The van der Waals surface area contributed by atoms with Gasteiger partial charge in [0.1, 0.15) is 0 Å². The molecule has 6 nitrogen and oxygen atoms in total. The number of benzene rings is 1. The number of nitrogens with one attached hydrogen (secondary N) is 2. The zero-order chi connectivity index (χ0) is 17.1. The number of methoxy groups -OCH3 is 1. The van der Waals surface area contributed by atoms with Gasteiger partial charge in [0.15, 0.2) is 0 Å². The number of carbonyl (C=O) groups is 2. The minimum absolute atomic E-state index is 0.0601. The first-order valence-electron chi connectivity index (χ1n) is 7.12. The molecule has 24 heavy (non-hydrogen) atoms. The Morgan fingerprint density at radius 2 is 2.25 bits per heavy atom. The quantitative estimate of drug-likeness (QED) is 0.872. The molecule has 2 amide bonds. The highest BCUT2D eigenvalue weighted by Gasteiger charge is 2.29. The van der Waals surface area contributed by atoms with E-state index in [2.05, 4.69) is 15.6 Å². The van der Waals surface area contributed by atoms with E-state index in [1.807, 2.05) is 6.07 Å². The fraction of sp³-hybridized carbons (Fsp3) is 0.188. The summed E-state index contributed by atoms with van der Waals surface area (Å²) in [4.78, 5) is 29.2. The average Bonchev–Trinajstić information content (AvgIpc) is 2.56. The Morgan fingerprint density at radius 1 is 1.42 bits per heavy atom. The summed E-state index contributed by atoms with van der Waals surface area (Å²) in [6.45, 7) is 0. The molecule has 0 bridgehead atoms. The van der Waals surface area contributed by atoms with Crippen molar-refractivity contribution in [2.45, 2.75) is 16.6 Å². The lowest BCUT2D eigenvalue weighted by Gasteiger charge is -2.23. The molecule has 0 spiro atoms. The van der Waals surface area contributed by atoms with E-state index < -0.39 is 5.25 Å². The number of ether oxygens (including phenoxy) is 1. The van der Waals surface area contributed by atoms with Crippen LogP contribution in [0.1, 0.15) is 6.42 Å². The van der Waals surface area contributed by atoms with Crippen molar-refractivity contribution < 1.29 is 14.3 Å². The van der Waals surface area contributed by atoms with Crippen LogP contribution in [0.2, 0.25) is 5.02 Å². The number of fused-ring (bicyclic) bond motifs is 1. The smallest absolute Gasteiger partial charge is 0.238 e. The molecule has 0 saturated carbocycles. The SMILES string of the molecule is COc1ccc(NC(=O)C[C@@H]2Sc3ccc(Cl)cc3NC2=O)cn1. The zero-order valence-electron chi connectivity index (χ0n) is 12.7. The summed E-state index contributed by atoms with van der Waals surface area (Å²) in [6.07, 6.45) is 1.56. The summed E-state index contributed by atoms with van der Waals surface area (Å²) < 4.78 is 4.96. The molecule has 0 aliphatic carbocycles. The fourth-order valence-electron chi connectivity index (χ4n) is 2.21. The zero-order valence-corrected chi connectivity index (χ0v) is 14.3. The van der Waals surface area contributed by atoms with Gasteiger partial charge in [-0.25, -0.2) is 4.98 Å². The van der Waals surface area contributed by atoms with Crippen LogP contribution in [-0.4, -0.2) is 29.2 Å². The van der Waals surface area contributed by atoms with Gasteiger partial charge in [0.25, 0.3) is 0 Å². The third-order valence-electron chi connectivity index (χ3n) is 3.36. The van der Waals surface area contributed by atoms with Gasteiger partial charge in [0, 0.05) is 22.4 Å². The number of halogens is 1. The monoisotopic (exact) mass is 363 g/mol. The number of hydrogen-bond acceptors (Lipinski definition) is 5. The molecule has 0 unspecified atom stereocenters. The van der Waals surface area contributed by atoms with Crippen molar-refractivity contribution in [1.29, 1.82) is 0 Å².